The van der Waals surface area contributed by atoms with Gasteiger partial charge in [-0.25, -0.2) is 9.98 Å². The monoisotopic (exact) mass is 454 g/mol. The molecule has 0 bridgehead atoms. The second-order valence-corrected chi connectivity index (χ2v) is 7.04. The smallest absolute Gasteiger partial charge is 0.194 e. The van der Waals surface area contributed by atoms with Gasteiger partial charge >= 0.3 is 0 Å². The summed E-state index contributed by atoms with van der Waals surface area (Å²) < 4.78 is 0. The average molecular weight is 454 g/mol. The fraction of sp³-hybridized carbons (Fsp3) is 0.500. The van der Waals surface area contributed by atoms with Crippen molar-refractivity contribution in [2.45, 2.75) is 33.7 Å². The number of guanidine groups is 1. The van der Waals surface area contributed by atoms with Crippen molar-refractivity contribution in [1.82, 2.24) is 25.4 Å². The Labute approximate surface area is 166 Å². The minimum atomic E-state index is 0. The molecule has 2 heterocycles. The molecule has 1 fully saturated rings. The number of aromatic nitrogens is 3. The van der Waals surface area contributed by atoms with Gasteiger partial charge in [-0.15, -0.1) is 24.0 Å². The highest BCUT2D eigenvalue weighted by Crippen LogP contribution is 2.28. The zero-order valence-corrected chi connectivity index (χ0v) is 17.4. The maximum Gasteiger partial charge on any atom is 0.194 e. The molecule has 0 radical (unpaired) electrons. The number of halogens is 1. The molecule has 6 nitrogen and oxygen atoms in total. The van der Waals surface area contributed by atoms with E-state index >= 15 is 0 Å². The van der Waals surface area contributed by atoms with Crippen molar-refractivity contribution in [1.29, 1.82) is 0 Å². The van der Waals surface area contributed by atoms with Gasteiger partial charge in [0, 0.05) is 25.2 Å². The Bertz CT molecular complexity index is 695. The molecule has 0 amide bonds. The van der Waals surface area contributed by atoms with E-state index in [2.05, 4.69) is 58.3 Å². The fourth-order valence-electron chi connectivity index (χ4n) is 3.05. The van der Waals surface area contributed by atoms with Crippen LogP contribution >= 0.6 is 24.0 Å². The average Bonchev–Trinajstić information content (AvgIpc) is 3.21. The van der Waals surface area contributed by atoms with E-state index in [1.54, 1.807) is 0 Å². The van der Waals surface area contributed by atoms with E-state index in [-0.39, 0.29) is 24.0 Å². The zero-order chi connectivity index (χ0) is 17.0. The summed E-state index contributed by atoms with van der Waals surface area (Å²) >= 11 is 0. The number of nitrogens with zero attached hydrogens (tertiary/aromatic N) is 4. The maximum absolute atomic E-state index is 4.84. The van der Waals surface area contributed by atoms with Crippen LogP contribution in [0.3, 0.4) is 0 Å². The van der Waals surface area contributed by atoms with Gasteiger partial charge in [0.1, 0.15) is 6.33 Å². The number of nitrogens with one attached hydrogen (secondary N) is 2. The summed E-state index contributed by atoms with van der Waals surface area (Å²) in [5.74, 6) is 1.79. The highest BCUT2D eigenvalue weighted by atomic mass is 127. The van der Waals surface area contributed by atoms with Crippen molar-refractivity contribution < 1.29 is 0 Å². The van der Waals surface area contributed by atoms with Gasteiger partial charge in [0.15, 0.2) is 11.8 Å². The molecule has 1 aromatic heterocycles. The van der Waals surface area contributed by atoms with Crippen LogP contribution in [-0.4, -0.2) is 45.7 Å². The van der Waals surface area contributed by atoms with Crippen molar-refractivity contribution in [2.75, 3.05) is 19.6 Å². The second-order valence-electron chi connectivity index (χ2n) is 7.04. The summed E-state index contributed by atoms with van der Waals surface area (Å²) in [4.78, 5) is 11.4. The predicted octanol–water partition coefficient (Wildman–Crippen LogP) is 3.29. The molecule has 0 spiro atoms. The lowest BCUT2D eigenvalue weighted by Gasteiger charge is -2.23. The van der Waals surface area contributed by atoms with Gasteiger partial charge in [0.25, 0.3) is 0 Å². The zero-order valence-electron chi connectivity index (χ0n) is 15.1. The molecule has 2 N–H and O–H groups in total. The molecule has 1 aliphatic heterocycles. The van der Waals surface area contributed by atoms with Crippen LogP contribution in [0.4, 0.5) is 0 Å². The number of rotatable bonds is 4. The van der Waals surface area contributed by atoms with Crippen LogP contribution in [0.25, 0.3) is 11.4 Å². The SMILES string of the molecule is CCNC(=NCc1cccc(-c2ncn[nH]2)c1)N1CCC(C)(C)C1.I. The predicted molar refractivity (Wildman–Crippen MR) is 112 cm³/mol. The topological polar surface area (TPSA) is 69.2 Å². The van der Waals surface area contributed by atoms with Crippen molar-refractivity contribution in [2.24, 2.45) is 10.4 Å². The van der Waals surface area contributed by atoms with Gasteiger partial charge in [0.05, 0.1) is 6.54 Å². The number of hydrogen-bond acceptors (Lipinski definition) is 3. The molecule has 1 saturated heterocycles. The van der Waals surface area contributed by atoms with Crippen LogP contribution in [-0.2, 0) is 6.54 Å². The molecule has 136 valence electrons. The molecule has 1 aromatic carbocycles. The first-order valence-electron chi connectivity index (χ1n) is 8.55. The molecule has 1 aliphatic rings. The Morgan fingerprint density at radius 3 is 2.88 bits per heavy atom. The van der Waals surface area contributed by atoms with Gasteiger partial charge < -0.3 is 10.2 Å². The Balaban J connectivity index is 0.00000225. The summed E-state index contributed by atoms with van der Waals surface area (Å²) in [6.45, 7) is 10.4. The molecule has 0 saturated carbocycles. The van der Waals surface area contributed by atoms with Crippen molar-refractivity contribution in [3.8, 4) is 11.4 Å². The van der Waals surface area contributed by atoms with E-state index in [0.29, 0.717) is 12.0 Å². The summed E-state index contributed by atoms with van der Waals surface area (Å²) in [7, 11) is 0. The Morgan fingerprint density at radius 2 is 2.24 bits per heavy atom. The number of H-pyrrole nitrogens is 1. The molecule has 0 atom stereocenters. The van der Waals surface area contributed by atoms with Crippen molar-refractivity contribution in [3.63, 3.8) is 0 Å². The molecule has 0 unspecified atom stereocenters. The number of benzene rings is 1. The Hall–Kier alpha value is -1.64. The molecular weight excluding hydrogens is 427 g/mol. The minimum Gasteiger partial charge on any atom is -0.357 e. The number of aliphatic imine (C=N–C) groups is 1. The highest BCUT2D eigenvalue weighted by Gasteiger charge is 2.30. The highest BCUT2D eigenvalue weighted by molar-refractivity contribution is 14.0. The van der Waals surface area contributed by atoms with E-state index in [1.165, 1.54) is 12.7 Å². The van der Waals surface area contributed by atoms with E-state index in [1.807, 2.05) is 12.1 Å². The minimum absolute atomic E-state index is 0. The molecule has 2 aromatic rings. The third kappa shape index (κ3) is 5.17. The van der Waals surface area contributed by atoms with Crippen LogP contribution in [0, 0.1) is 5.41 Å². The van der Waals surface area contributed by atoms with Gasteiger partial charge in [0.2, 0.25) is 0 Å². The summed E-state index contributed by atoms with van der Waals surface area (Å²) in [6, 6.07) is 8.28. The Morgan fingerprint density at radius 1 is 1.40 bits per heavy atom. The van der Waals surface area contributed by atoms with Crippen molar-refractivity contribution >= 4 is 29.9 Å². The van der Waals surface area contributed by atoms with Gasteiger partial charge in [-0.3, -0.25) is 5.10 Å². The van der Waals surface area contributed by atoms with Crippen LogP contribution in [0.5, 0.6) is 0 Å². The molecule has 25 heavy (non-hydrogen) atoms. The molecule has 7 heteroatoms. The van der Waals surface area contributed by atoms with Crippen LogP contribution in [0.2, 0.25) is 0 Å². The first-order valence-corrected chi connectivity index (χ1v) is 8.55. The number of likely N-dealkylation sites (tertiary alicyclic amines) is 1. The maximum atomic E-state index is 4.84. The lowest BCUT2D eigenvalue weighted by molar-refractivity contribution is 0.370. The van der Waals surface area contributed by atoms with E-state index in [4.69, 9.17) is 4.99 Å². The van der Waals surface area contributed by atoms with Gasteiger partial charge in [-0.05, 0) is 30.4 Å². The van der Waals surface area contributed by atoms with Crippen LogP contribution in [0.15, 0.2) is 35.6 Å². The van der Waals surface area contributed by atoms with E-state index < -0.39 is 0 Å². The second kappa shape index (κ2) is 8.64. The molecule has 0 aliphatic carbocycles. The van der Waals surface area contributed by atoms with Gasteiger partial charge in [-0.2, -0.15) is 5.10 Å². The lowest BCUT2D eigenvalue weighted by atomic mass is 9.93. The molecular formula is C18H27IN6. The normalized spacial score (nSPS) is 16.6. The lowest BCUT2D eigenvalue weighted by Crippen LogP contribution is -2.40. The van der Waals surface area contributed by atoms with E-state index in [0.717, 1.165) is 42.5 Å². The summed E-state index contributed by atoms with van der Waals surface area (Å²) in [6.07, 6.45) is 2.73. The fourth-order valence-corrected chi connectivity index (χ4v) is 3.05. The van der Waals surface area contributed by atoms with Crippen LogP contribution in [0.1, 0.15) is 32.8 Å². The van der Waals surface area contributed by atoms with E-state index in [9.17, 15) is 0 Å². The first-order chi connectivity index (χ1) is 11.6. The summed E-state index contributed by atoms with van der Waals surface area (Å²) in [5.41, 5.74) is 2.56. The third-order valence-electron chi connectivity index (χ3n) is 4.34. The standard InChI is InChI=1S/C18H26N6.HI/c1-4-19-17(24-9-8-18(2,3)12-24)20-11-14-6-5-7-15(10-14)16-21-13-22-23-16;/h5-7,10,13H,4,8-9,11-12H2,1-3H3,(H,19,20)(H,21,22,23);1H. The van der Waals surface area contributed by atoms with Crippen molar-refractivity contribution in [3.05, 3.63) is 36.2 Å². The number of hydrogen-bond donors (Lipinski definition) is 2. The van der Waals surface area contributed by atoms with Crippen LogP contribution < -0.4 is 5.32 Å². The molecule has 3 rings (SSSR count). The first kappa shape index (κ1) is 19.7. The van der Waals surface area contributed by atoms with Gasteiger partial charge in [-0.1, -0.05) is 32.0 Å². The Kier molecular flexibility index (Phi) is 6.80. The largest absolute Gasteiger partial charge is 0.357 e. The number of aromatic amines is 1. The quantitative estimate of drug-likeness (QED) is 0.423. The third-order valence-corrected chi connectivity index (χ3v) is 4.34. The summed E-state index contributed by atoms with van der Waals surface area (Å²) in [5, 5.41) is 10.2.